The van der Waals surface area contributed by atoms with E-state index in [2.05, 4.69) is 34.0 Å². The van der Waals surface area contributed by atoms with Gasteiger partial charge in [0.1, 0.15) is 0 Å². The fourth-order valence-electron chi connectivity index (χ4n) is 4.99. The second-order valence-corrected chi connectivity index (χ2v) is 9.95. The lowest BCUT2D eigenvalue weighted by Crippen LogP contribution is -2.56. The number of nitriles is 1. The lowest BCUT2D eigenvalue weighted by atomic mass is 9.58. The van der Waals surface area contributed by atoms with Crippen LogP contribution in [0, 0.1) is 20.3 Å². The Morgan fingerprint density at radius 2 is 1.70 bits per heavy atom. The number of hydrogen-bond acceptors (Lipinski definition) is 3. The first-order chi connectivity index (χ1) is 14.5. The Labute approximate surface area is 189 Å². The van der Waals surface area contributed by atoms with Gasteiger partial charge in [0.15, 0.2) is 0 Å². The second-order valence-electron chi connectivity index (χ2n) is 8.71. The average Bonchev–Trinajstić information content (AvgIpc) is 2.80. The number of nitrogens with one attached hydrogen (secondary N) is 1. The largest absolute Gasteiger partial charge is 0.347 e. The number of rotatable bonds is 3. The normalized spacial score (nSPS) is 25.1. The van der Waals surface area contributed by atoms with Crippen LogP contribution in [-0.2, 0) is 0 Å². The van der Waals surface area contributed by atoms with Gasteiger partial charge < -0.3 is 5.32 Å². The van der Waals surface area contributed by atoms with Crippen LogP contribution in [0.15, 0.2) is 54.6 Å². The third kappa shape index (κ3) is 3.37. The second kappa shape index (κ2) is 7.35. The zero-order valence-corrected chi connectivity index (χ0v) is 18.8. The Morgan fingerprint density at radius 1 is 1.00 bits per heavy atom. The molecule has 0 radical (unpaired) electrons. The van der Waals surface area contributed by atoms with E-state index in [1.54, 1.807) is 0 Å². The Balaban J connectivity index is 1.54. The number of hydrogen-bond donors (Lipinski definition) is 1. The van der Waals surface area contributed by atoms with Gasteiger partial charge in [0, 0.05) is 20.1 Å². The summed E-state index contributed by atoms with van der Waals surface area (Å²) in [5.74, 6) is -0.0343. The lowest BCUT2D eigenvalue weighted by molar-refractivity contribution is 0.0522. The molecule has 2 bridgehead atoms. The molecule has 3 aliphatic rings. The maximum Gasteiger partial charge on any atom is 0.252 e. The topological polar surface area (TPSA) is 65.8 Å². The summed E-state index contributed by atoms with van der Waals surface area (Å²) in [6, 6.07) is 20.5. The highest BCUT2D eigenvalue weighted by Gasteiger charge is 2.49. The summed E-state index contributed by atoms with van der Waals surface area (Å²) in [6.07, 6.45) is 5.31. The van der Waals surface area contributed by atoms with Crippen molar-refractivity contribution in [2.75, 3.05) is 0 Å². The minimum absolute atomic E-state index is 0.0343. The van der Waals surface area contributed by atoms with Gasteiger partial charge in [0.05, 0.1) is 28.3 Å². The van der Waals surface area contributed by atoms with E-state index in [9.17, 15) is 10.1 Å². The van der Waals surface area contributed by atoms with Gasteiger partial charge >= 0.3 is 0 Å². The van der Waals surface area contributed by atoms with Crippen molar-refractivity contribution in [2.24, 2.45) is 5.41 Å². The summed E-state index contributed by atoms with van der Waals surface area (Å²) >= 11 is 2.28. The summed E-state index contributed by atoms with van der Waals surface area (Å²) in [4.78, 5) is 18.4. The molecule has 3 aromatic rings. The minimum atomic E-state index is -0.180. The van der Waals surface area contributed by atoms with Crippen molar-refractivity contribution in [3.63, 3.8) is 0 Å². The van der Waals surface area contributed by atoms with E-state index in [0.29, 0.717) is 5.56 Å². The molecule has 1 heterocycles. The molecule has 1 aromatic heterocycles. The smallest absolute Gasteiger partial charge is 0.252 e. The number of nitrogens with zero attached hydrogens (tertiary/aromatic N) is 2. The van der Waals surface area contributed by atoms with Crippen LogP contribution < -0.4 is 5.32 Å². The molecule has 1 N–H and O–H groups in total. The van der Waals surface area contributed by atoms with E-state index in [4.69, 9.17) is 4.98 Å². The third-order valence-electron chi connectivity index (χ3n) is 6.95. The van der Waals surface area contributed by atoms with E-state index >= 15 is 0 Å². The molecule has 3 fully saturated rings. The molecule has 6 rings (SSSR count). The fourth-order valence-corrected chi connectivity index (χ4v) is 5.48. The summed E-state index contributed by atoms with van der Waals surface area (Å²) in [5, 5.41) is 13.8. The third-order valence-corrected chi connectivity index (χ3v) is 7.62. The van der Waals surface area contributed by atoms with Gasteiger partial charge in [0.25, 0.3) is 5.91 Å². The molecule has 0 saturated heterocycles. The number of carbonyl (C=O) groups excluding carboxylic acids is 1. The predicted octanol–water partition coefficient (Wildman–Crippen LogP) is 5.85. The van der Waals surface area contributed by atoms with Crippen molar-refractivity contribution in [3.05, 3.63) is 63.7 Å². The van der Waals surface area contributed by atoms with Gasteiger partial charge in [-0.3, -0.25) is 4.79 Å². The van der Waals surface area contributed by atoms with E-state index in [1.807, 2.05) is 54.6 Å². The first kappa shape index (κ1) is 19.5. The van der Waals surface area contributed by atoms with Crippen LogP contribution in [0.25, 0.3) is 22.2 Å². The molecule has 30 heavy (non-hydrogen) atoms. The summed E-state index contributed by atoms with van der Waals surface area (Å²) in [5.41, 5.74) is 2.97. The molecule has 0 unspecified atom stereocenters. The SMILES string of the molecule is N#CC12CCC(NC(=O)c3cc(-c4ccccc4)nc4ccc(I)cc34)(CC1)CC2. The predicted molar refractivity (Wildman–Crippen MR) is 126 cm³/mol. The molecule has 4 nitrogen and oxygen atoms in total. The first-order valence-electron chi connectivity index (χ1n) is 10.4. The molecular formula is C25H22IN3O. The van der Waals surface area contributed by atoms with E-state index < -0.39 is 0 Å². The monoisotopic (exact) mass is 507 g/mol. The van der Waals surface area contributed by atoms with Crippen molar-refractivity contribution in [3.8, 4) is 17.3 Å². The average molecular weight is 507 g/mol. The molecule has 0 spiro atoms. The Bertz CT molecular complexity index is 1160. The molecule has 150 valence electrons. The fraction of sp³-hybridized carbons (Fsp3) is 0.320. The summed E-state index contributed by atoms with van der Waals surface area (Å²) < 4.78 is 1.08. The quantitative estimate of drug-likeness (QED) is 0.453. The van der Waals surface area contributed by atoms with E-state index in [1.165, 1.54) is 0 Å². The first-order valence-corrected chi connectivity index (χ1v) is 11.5. The lowest BCUT2D eigenvalue weighted by Gasteiger charge is -2.50. The number of carbonyl (C=O) groups is 1. The molecule has 2 aromatic carbocycles. The standard InChI is InChI=1S/C25H22IN3O/c26-18-6-7-21-19(14-18)20(15-22(28-21)17-4-2-1-3-5-17)23(30)29-25-11-8-24(16-27,9-12-25)10-13-25/h1-7,14-15H,8-13H2,(H,29,30). The highest BCUT2D eigenvalue weighted by atomic mass is 127. The Morgan fingerprint density at radius 3 is 2.37 bits per heavy atom. The van der Waals surface area contributed by atoms with Crippen LogP contribution in [0.4, 0.5) is 0 Å². The van der Waals surface area contributed by atoms with E-state index in [-0.39, 0.29) is 16.9 Å². The van der Waals surface area contributed by atoms with Crippen molar-refractivity contribution >= 4 is 39.4 Å². The van der Waals surface area contributed by atoms with Crippen molar-refractivity contribution in [2.45, 2.75) is 44.1 Å². The molecular weight excluding hydrogens is 485 g/mol. The number of amides is 1. The molecule has 0 atom stereocenters. The highest BCUT2D eigenvalue weighted by molar-refractivity contribution is 14.1. The van der Waals surface area contributed by atoms with E-state index in [0.717, 1.165) is 64.3 Å². The van der Waals surface area contributed by atoms with Crippen LogP contribution in [0.2, 0.25) is 0 Å². The van der Waals surface area contributed by atoms with Gasteiger partial charge in [-0.15, -0.1) is 0 Å². The zero-order valence-electron chi connectivity index (χ0n) is 16.6. The Hall–Kier alpha value is -2.46. The van der Waals surface area contributed by atoms with Gasteiger partial charge in [0.2, 0.25) is 0 Å². The van der Waals surface area contributed by atoms with Crippen LogP contribution in [0.1, 0.15) is 48.9 Å². The van der Waals surface area contributed by atoms with Crippen molar-refractivity contribution < 1.29 is 4.79 Å². The molecule has 3 aliphatic carbocycles. The van der Waals surface area contributed by atoms with Crippen LogP contribution >= 0.6 is 22.6 Å². The number of fused-ring (bicyclic) bond motifs is 4. The Kier molecular flexibility index (Phi) is 4.78. The van der Waals surface area contributed by atoms with Gasteiger partial charge in [-0.1, -0.05) is 30.3 Å². The molecule has 0 aliphatic heterocycles. The summed E-state index contributed by atoms with van der Waals surface area (Å²) in [7, 11) is 0. The van der Waals surface area contributed by atoms with Crippen molar-refractivity contribution in [1.29, 1.82) is 5.26 Å². The molecule has 1 amide bonds. The number of halogens is 1. The van der Waals surface area contributed by atoms with Crippen LogP contribution in [0.3, 0.4) is 0 Å². The van der Waals surface area contributed by atoms with Gasteiger partial charge in [-0.05, 0) is 85.4 Å². The van der Waals surface area contributed by atoms with Crippen LogP contribution in [-0.4, -0.2) is 16.4 Å². The molecule has 5 heteroatoms. The highest BCUT2D eigenvalue weighted by Crippen LogP contribution is 2.52. The summed E-state index contributed by atoms with van der Waals surface area (Å²) in [6.45, 7) is 0. The van der Waals surface area contributed by atoms with Crippen molar-refractivity contribution in [1.82, 2.24) is 10.3 Å². The van der Waals surface area contributed by atoms with Gasteiger partial charge in [-0.25, -0.2) is 4.98 Å². The van der Waals surface area contributed by atoms with Crippen LogP contribution in [0.5, 0.6) is 0 Å². The minimum Gasteiger partial charge on any atom is -0.347 e. The maximum absolute atomic E-state index is 13.5. The molecule has 3 saturated carbocycles. The zero-order chi connectivity index (χ0) is 20.8. The maximum atomic E-state index is 13.5. The number of pyridine rings is 1. The number of benzene rings is 2. The number of aromatic nitrogens is 1. The van der Waals surface area contributed by atoms with Gasteiger partial charge in [-0.2, -0.15) is 5.26 Å².